The molecule has 1 aliphatic rings. The molecular formula is C24H28N4O4S. The van der Waals surface area contributed by atoms with E-state index in [1.165, 1.54) is 21.9 Å². The van der Waals surface area contributed by atoms with E-state index in [1.807, 2.05) is 30.3 Å². The molecule has 1 aromatic heterocycles. The van der Waals surface area contributed by atoms with Gasteiger partial charge >= 0.3 is 0 Å². The topological polar surface area (TPSA) is 96.7 Å². The monoisotopic (exact) mass is 468 g/mol. The predicted octanol–water partition coefficient (Wildman–Crippen LogP) is 2.34. The third kappa shape index (κ3) is 6.20. The fourth-order valence-corrected chi connectivity index (χ4v) is 4.55. The summed E-state index contributed by atoms with van der Waals surface area (Å²) in [6.07, 6.45) is 0.441. The van der Waals surface area contributed by atoms with E-state index in [0.717, 1.165) is 38.5 Å². The lowest BCUT2D eigenvalue weighted by molar-refractivity contribution is -0.113. The Morgan fingerprint density at radius 2 is 1.88 bits per heavy atom. The minimum atomic E-state index is -0.169. The minimum Gasteiger partial charge on any atom is -0.396 e. The zero-order chi connectivity index (χ0) is 23.0. The standard InChI is InChI=1S/C24H28N4O4S/c29-13-3-10-28-23(31)20-4-1-2-5-21(20)26-24(28)33-17-22(30)25-19-8-6-18(7-9-19)16-27-11-14-32-15-12-27/h1-2,4-9,29H,3,10-17H2,(H,25,30). The van der Waals surface area contributed by atoms with Gasteiger partial charge in [0.15, 0.2) is 5.16 Å². The van der Waals surface area contributed by atoms with Crippen LogP contribution in [0.5, 0.6) is 0 Å². The molecule has 0 spiro atoms. The van der Waals surface area contributed by atoms with Crippen LogP contribution in [0.3, 0.4) is 0 Å². The number of hydrogen-bond donors (Lipinski definition) is 2. The number of ether oxygens (including phenoxy) is 1. The van der Waals surface area contributed by atoms with Crippen molar-refractivity contribution in [2.75, 3.05) is 44.0 Å². The van der Waals surface area contributed by atoms with Gasteiger partial charge in [-0.05, 0) is 36.2 Å². The lowest BCUT2D eigenvalue weighted by atomic mass is 10.2. The first-order chi connectivity index (χ1) is 16.1. The highest BCUT2D eigenvalue weighted by Crippen LogP contribution is 2.19. The van der Waals surface area contributed by atoms with Crippen LogP contribution in [0.1, 0.15) is 12.0 Å². The number of aromatic nitrogens is 2. The summed E-state index contributed by atoms with van der Waals surface area (Å²) in [4.78, 5) is 32.4. The first-order valence-electron chi connectivity index (χ1n) is 11.1. The number of carbonyl (C=O) groups is 1. The summed E-state index contributed by atoms with van der Waals surface area (Å²) in [7, 11) is 0. The number of hydrogen-bond acceptors (Lipinski definition) is 7. The first kappa shape index (κ1) is 23.4. The van der Waals surface area contributed by atoms with Gasteiger partial charge in [-0.3, -0.25) is 19.1 Å². The molecular weight excluding hydrogens is 440 g/mol. The smallest absolute Gasteiger partial charge is 0.262 e. The Hall–Kier alpha value is -2.72. The van der Waals surface area contributed by atoms with Crippen molar-refractivity contribution < 1.29 is 14.6 Å². The summed E-state index contributed by atoms with van der Waals surface area (Å²) in [5.41, 5.74) is 2.36. The molecule has 0 radical (unpaired) electrons. The molecule has 0 aliphatic carbocycles. The van der Waals surface area contributed by atoms with Crippen LogP contribution in [-0.4, -0.2) is 64.1 Å². The number of carbonyl (C=O) groups excluding carboxylic acids is 1. The second-order valence-corrected chi connectivity index (χ2v) is 8.81. The van der Waals surface area contributed by atoms with Gasteiger partial charge in [0.25, 0.3) is 5.56 Å². The van der Waals surface area contributed by atoms with Crippen LogP contribution < -0.4 is 10.9 Å². The Kier molecular flexibility index (Phi) is 8.11. The predicted molar refractivity (Wildman–Crippen MR) is 130 cm³/mol. The van der Waals surface area contributed by atoms with Crippen LogP contribution in [0.4, 0.5) is 5.69 Å². The molecule has 0 bridgehead atoms. The Labute approximate surface area is 196 Å². The number of benzene rings is 2. The number of anilines is 1. The molecule has 4 rings (SSSR count). The van der Waals surface area contributed by atoms with Gasteiger partial charge in [-0.2, -0.15) is 0 Å². The zero-order valence-electron chi connectivity index (χ0n) is 18.4. The number of nitrogens with zero attached hydrogens (tertiary/aromatic N) is 3. The molecule has 174 valence electrons. The Morgan fingerprint density at radius 3 is 2.64 bits per heavy atom. The molecule has 33 heavy (non-hydrogen) atoms. The van der Waals surface area contributed by atoms with Gasteiger partial charge in [-0.25, -0.2) is 4.98 Å². The summed E-state index contributed by atoms with van der Waals surface area (Å²) in [5, 5.41) is 13.1. The molecule has 0 saturated carbocycles. The SMILES string of the molecule is O=C(CSc1nc2ccccc2c(=O)n1CCCO)Nc1ccc(CN2CCOCC2)cc1. The molecule has 0 atom stereocenters. The molecule has 2 heterocycles. The van der Waals surface area contributed by atoms with Crippen molar-refractivity contribution in [3.63, 3.8) is 0 Å². The molecule has 1 saturated heterocycles. The van der Waals surface area contributed by atoms with Crippen molar-refractivity contribution in [2.45, 2.75) is 24.7 Å². The number of morpholine rings is 1. The maximum atomic E-state index is 12.9. The van der Waals surface area contributed by atoms with Gasteiger partial charge in [0.05, 0.1) is 29.9 Å². The van der Waals surface area contributed by atoms with E-state index in [4.69, 9.17) is 4.74 Å². The summed E-state index contributed by atoms with van der Waals surface area (Å²) in [6.45, 7) is 4.60. The molecule has 2 N–H and O–H groups in total. The van der Waals surface area contributed by atoms with Crippen LogP contribution in [0.2, 0.25) is 0 Å². The first-order valence-corrected chi connectivity index (χ1v) is 12.0. The number of nitrogens with one attached hydrogen (secondary N) is 1. The summed E-state index contributed by atoms with van der Waals surface area (Å²) in [6, 6.07) is 15.0. The third-order valence-electron chi connectivity index (χ3n) is 5.45. The highest BCUT2D eigenvalue weighted by atomic mass is 32.2. The average Bonchev–Trinajstić information content (AvgIpc) is 2.84. The maximum Gasteiger partial charge on any atom is 0.262 e. The van der Waals surface area contributed by atoms with Crippen molar-refractivity contribution in [3.05, 3.63) is 64.4 Å². The molecule has 1 fully saturated rings. The molecule has 0 unspecified atom stereocenters. The Balaban J connectivity index is 1.38. The quantitative estimate of drug-likeness (QED) is 0.368. The lowest BCUT2D eigenvalue weighted by Crippen LogP contribution is -2.35. The summed E-state index contributed by atoms with van der Waals surface area (Å²) >= 11 is 1.22. The fraction of sp³-hybridized carbons (Fsp3) is 0.375. The number of aliphatic hydroxyl groups is 1. The summed E-state index contributed by atoms with van der Waals surface area (Å²) < 4.78 is 6.92. The second-order valence-electron chi connectivity index (χ2n) is 7.87. The van der Waals surface area contributed by atoms with Crippen molar-refractivity contribution in [1.29, 1.82) is 0 Å². The second kappa shape index (κ2) is 11.4. The van der Waals surface area contributed by atoms with Crippen molar-refractivity contribution in [2.24, 2.45) is 0 Å². The van der Waals surface area contributed by atoms with Gasteiger partial charge in [-0.15, -0.1) is 0 Å². The third-order valence-corrected chi connectivity index (χ3v) is 6.42. The van der Waals surface area contributed by atoms with E-state index in [2.05, 4.69) is 15.2 Å². The van der Waals surface area contributed by atoms with E-state index >= 15 is 0 Å². The van der Waals surface area contributed by atoms with E-state index in [-0.39, 0.29) is 23.8 Å². The highest BCUT2D eigenvalue weighted by Gasteiger charge is 2.14. The van der Waals surface area contributed by atoms with Crippen molar-refractivity contribution >= 4 is 34.3 Å². The van der Waals surface area contributed by atoms with Crippen molar-refractivity contribution in [1.82, 2.24) is 14.5 Å². The van der Waals surface area contributed by atoms with Gasteiger partial charge in [0.2, 0.25) is 5.91 Å². The largest absolute Gasteiger partial charge is 0.396 e. The number of para-hydroxylation sites is 1. The molecule has 3 aromatic rings. The summed E-state index contributed by atoms with van der Waals surface area (Å²) in [5.74, 6) is -0.0450. The van der Waals surface area contributed by atoms with Crippen LogP contribution in [-0.2, 0) is 22.6 Å². The van der Waals surface area contributed by atoms with Crippen LogP contribution in [0.15, 0.2) is 58.5 Å². The van der Waals surface area contributed by atoms with E-state index in [9.17, 15) is 14.7 Å². The van der Waals surface area contributed by atoms with Gasteiger partial charge in [0, 0.05) is 38.5 Å². The average molecular weight is 469 g/mol. The van der Waals surface area contributed by atoms with E-state index in [0.29, 0.717) is 29.0 Å². The Morgan fingerprint density at radius 1 is 1.12 bits per heavy atom. The Bertz CT molecular complexity index is 1140. The van der Waals surface area contributed by atoms with Gasteiger partial charge in [0.1, 0.15) is 0 Å². The number of fused-ring (bicyclic) bond motifs is 1. The maximum absolute atomic E-state index is 12.9. The van der Waals surface area contributed by atoms with Crippen LogP contribution in [0.25, 0.3) is 10.9 Å². The number of aliphatic hydroxyl groups excluding tert-OH is 1. The van der Waals surface area contributed by atoms with E-state index < -0.39 is 0 Å². The number of rotatable bonds is 9. The number of thioether (sulfide) groups is 1. The molecule has 1 aliphatic heterocycles. The fourth-order valence-electron chi connectivity index (χ4n) is 3.72. The van der Waals surface area contributed by atoms with Crippen LogP contribution in [0, 0.1) is 0 Å². The highest BCUT2D eigenvalue weighted by molar-refractivity contribution is 7.99. The van der Waals surface area contributed by atoms with Crippen molar-refractivity contribution in [3.8, 4) is 0 Å². The van der Waals surface area contributed by atoms with Gasteiger partial charge in [-0.1, -0.05) is 36.0 Å². The minimum absolute atomic E-state index is 0.0224. The van der Waals surface area contributed by atoms with Gasteiger partial charge < -0.3 is 15.2 Å². The molecule has 1 amide bonds. The molecule has 2 aromatic carbocycles. The number of amides is 1. The molecule has 8 nitrogen and oxygen atoms in total. The zero-order valence-corrected chi connectivity index (χ0v) is 19.2. The lowest BCUT2D eigenvalue weighted by Gasteiger charge is -2.26. The van der Waals surface area contributed by atoms with E-state index in [1.54, 1.807) is 18.2 Å². The molecule has 9 heteroatoms. The van der Waals surface area contributed by atoms with Crippen LogP contribution >= 0.6 is 11.8 Å². The normalized spacial score (nSPS) is 14.5.